The minimum atomic E-state index is -0.919. The topological polar surface area (TPSA) is 110 Å². The molecule has 0 aromatic heterocycles. The lowest BCUT2D eigenvalue weighted by atomic mass is 9.47. The molecule has 0 spiro atoms. The first-order valence-electron chi connectivity index (χ1n) is 15.1. The Morgan fingerprint density at radius 2 is 1.77 bits per heavy atom. The average molecular weight is 550 g/mol. The number of benzene rings is 1. The van der Waals surface area contributed by atoms with Crippen LogP contribution in [-0.4, -0.2) is 41.4 Å². The molecular weight excluding hydrogens is 506 g/mol. The summed E-state index contributed by atoms with van der Waals surface area (Å²) >= 11 is 0. The number of carbonyl (C=O) groups is 4. The third kappa shape index (κ3) is 5.61. The molecule has 1 aromatic rings. The van der Waals surface area contributed by atoms with Crippen LogP contribution in [0.2, 0.25) is 0 Å². The molecule has 0 saturated heterocycles. The van der Waals surface area contributed by atoms with Gasteiger partial charge in [0.1, 0.15) is 6.10 Å². The molecule has 7 atom stereocenters. The van der Waals surface area contributed by atoms with E-state index < -0.39 is 5.97 Å². The first-order chi connectivity index (χ1) is 19.1. The van der Waals surface area contributed by atoms with Crippen molar-refractivity contribution in [2.24, 2.45) is 28.6 Å². The second kappa shape index (κ2) is 11.5. The number of allylic oxidation sites excluding steroid dienone is 1. The van der Waals surface area contributed by atoms with Crippen LogP contribution >= 0.6 is 0 Å². The highest BCUT2D eigenvalue weighted by atomic mass is 16.5. The fourth-order valence-corrected chi connectivity index (χ4v) is 8.71. The summed E-state index contributed by atoms with van der Waals surface area (Å²) in [6, 6.07) is 9.29. The van der Waals surface area contributed by atoms with Gasteiger partial charge in [-0.2, -0.15) is 0 Å². The van der Waals surface area contributed by atoms with Crippen LogP contribution in [0.5, 0.6) is 0 Å². The molecule has 0 bridgehead atoms. The molecule has 4 aliphatic rings. The summed E-state index contributed by atoms with van der Waals surface area (Å²) in [4.78, 5) is 48.8. The van der Waals surface area contributed by atoms with Gasteiger partial charge in [0, 0.05) is 30.7 Å². The standard InChI is InChI=1S/C33H43NO6/c1-32-16-14-24(35)19-23(32)8-9-25-26-10-11-28(33(26,2)17-15-27(25)32)40-31(39)13-12-29(36)34-20-22(18-30(37)38)21-6-4-3-5-7-21/h3-7,19,22,25-28H,8-18,20H2,1-2H3,(H,34,36)(H,37,38)/t22-,25+,26+,27+,28+,32+,33+/m1/s1. The van der Waals surface area contributed by atoms with E-state index in [1.165, 1.54) is 5.57 Å². The Kier molecular flexibility index (Phi) is 8.21. The first-order valence-corrected chi connectivity index (χ1v) is 15.1. The van der Waals surface area contributed by atoms with Crippen LogP contribution in [0.25, 0.3) is 0 Å². The number of carboxylic acid groups (broad SMARTS) is 1. The van der Waals surface area contributed by atoms with E-state index in [0.717, 1.165) is 50.5 Å². The number of esters is 1. The van der Waals surface area contributed by atoms with Crippen LogP contribution in [0.1, 0.15) is 96.0 Å². The molecule has 3 saturated carbocycles. The molecule has 1 aromatic carbocycles. The highest BCUT2D eigenvalue weighted by molar-refractivity contribution is 5.91. The van der Waals surface area contributed by atoms with Gasteiger partial charge >= 0.3 is 11.9 Å². The maximum absolute atomic E-state index is 12.9. The molecule has 7 heteroatoms. The molecule has 4 aliphatic carbocycles. The van der Waals surface area contributed by atoms with Crippen LogP contribution in [-0.2, 0) is 23.9 Å². The number of fused-ring (bicyclic) bond motifs is 5. The normalized spacial score (nSPS) is 33.5. The third-order valence-corrected chi connectivity index (χ3v) is 10.9. The number of ketones is 1. The van der Waals surface area contributed by atoms with Gasteiger partial charge in [0.2, 0.25) is 5.91 Å². The van der Waals surface area contributed by atoms with Crippen LogP contribution in [0.15, 0.2) is 42.0 Å². The minimum Gasteiger partial charge on any atom is -0.481 e. The predicted octanol–water partition coefficient (Wildman–Crippen LogP) is 5.59. The van der Waals surface area contributed by atoms with Crippen molar-refractivity contribution in [3.8, 4) is 0 Å². The maximum Gasteiger partial charge on any atom is 0.306 e. The molecule has 5 rings (SSSR count). The van der Waals surface area contributed by atoms with E-state index in [9.17, 15) is 24.3 Å². The van der Waals surface area contributed by atoms with Gasteiger partial charge in [0.05, 0.1) is 12.8 Å². The van der Waals surface area contributed by atoms with Gasteiger partial charge in [-0.15, -0.1) is 0 Å². The van der Waals surface area contributed by atoms with Crippen LogP contribution < -0.4 is 5.32 Å². The van der Waals surface area contributed by atoms with Gasteiger partial charge < -0.3 is 15.2 Å². The summed E-state index contributed by atoms with van der Waals surface area (Å²) in [6.45, 7) is 4.89. The third-order valence-electron chi connectivity index (χ3n) is 10.9. The molecule has 2 N–H and O–H groups in total. The van der Waals surface area contributed by atoms with Crippen molar-refractivity contribution in [3.05, 3.63) is 47.5 Å². The van der Waals surface area contributed by atoms with Gasteiger partial charge in [-0.3, -0.25) is 19.2 Å². The van der Waals surface area contributed by atoms with Gasteiger partial charge in [0.25, 0.3) is 0 Å². The quantitative estimate of drug-likeness (QED) is 0.389. The molecule has 216 valence electrons. The van der Waals surface area contributed by atoms with Gasteiger partial charge in [-0.25, -0.2) is 0 Å². The van der Waals surface area contributed by atoms with Gasteiger partial charge in [0.15, 0.2) is 5.78 Å². The zero-order valence-electron chi connectivity index (χ0n) is 23.8. The van der Waals surface area contributed by atoms with E-state index in [-0.39, 0.29) is 66.3 Å². The van der Waals surface area contributed by atoms with Crippen molar-refractivity contribution in [2.45, 2.75) is 96.5 Å². The summed E-state index contributed by atoms with van der Waals surface area (Å²) in [5.74, 6) is 0.145. The van der Waals surface area contributed by atoms with Crippen molar-refractivity contribution in [3.63, 3.8) is 0 Å². The van der Waals surface area contributed by atoms with Gasteiger partial charge in [-0.05, 0) is 79.8 Å². The number of ether oxygens (including phenoxy) is 1. The molecule has 0 aliphatic heterocycles. The maximum atomic E-state index is 12.9. The number of hydrogen-bond donors (Lipinski definition) is 2. The number of hydrogen-bond acceptors (Lipinski definition) is 5. The Hall–Kier alpha value is -2.96. The van der Waals surface area contributed by atoms with Crippen molar-refractivity contribution in [2.75, 3.05) is 6.54 Å². The highest BCUT2D eigenvalue weighted by Crippen LogP contribution is 2.65. The second-order valence-corrected chi connectivity index (χ2v) is 13.1. The largest absolute Gasteiger partial charge is 0.481 e. The van der Waals surface area contributed by atoms with Crippen molar-refractivity contribution < 1.29 is 29.0 Å². The molecule has 1 amide bonds. The van der Waals surface area contributed by atoms with Gasteiger partial charge in [-0.1, -0.05) is 49.8 Å². The number of carboxylic acids is 1. The van der Waals surface area contributed by atoms with Crippen LogP contribution in [0.4, 0.5) is 0 Å². The summed E-state index contributed by atoms with van der Waals surface area (Å²) in [5, 5.41) is 12.1. The number of carbonyl (C=O) groups excluding carboxylic acids is 3. The van der Waals surface area contributed by atoms with Crippen LogP contribution in [0.3, 0.4) is 0 Å². The Labute approximate surface area is 237 Å². The van der Waals surface area contributed by atoms with Crippen molar-refractivity contribution in [1.29, 1.82) is 0 Å². The monoisotopic (exact) mass is 549 g/mol. The minimum absolute atomic E-state index is 0.0182. The molecule has 3 fully saturated rings. The van der Waals surface area contributed by atoms with E-state index in [1.54, 1.807) is 0 Å². The lowest BCUT2D eigenvalue weighted by Gasteiger charge is -2.57. The number of aliphatic carboxylic acids is 1. The zero-order valence-corrected chi connectivity index (χ0v) is 23.8. The Morgan fingerprint density at radius 3 is 2.52 bits per heavy atom. The van der Waals surface area contributed by atoms with E-state index >= 15 is 0 Å². The Balaban J connectivity index is 1.13. The fourth-order valence-electron chi connectivity index (χ4n) is 8.71. The SMILES string of the molecule is C[C@]12CC[C@H]3[C@@H](CCC4=CC(=O)CC[C@@]43C)[C@@H]1CC[C@@H]2OC(=O)CCC(=O)NC[C@@H](CC(=O)O)c1ccccc1. The molecular formula is C33H43NO6. The molecule has 0 radical (unpaired) electrons. The van der Waals surface area contributed by atoms with E-state index in [0.29, 0.717) is 24.2 Å². The lowest BCUT2D eigenvalue weighted by molar-refractivity contribution is -0.160. The highest BCUT2D eigenvalue weighted by Gasteiger charge is 2.59. The predicted molar refractivity (Wildman–Crippen MR) is 150 cm³/mol. The first kappa shape index (κ1) is 28.6. The fraction of sp³-hybridized carbons (Fsp3) is 0.636. The van der Waals surface area contributed by atoms with Crippen molar-refractivity contribution in [1.82, 2.24) is 5.32 Å². The number of amides is 1. The lowest BCUT2D eigenvalue weighted by Crippen LogP contribution is -2.51. The summed E-state index contributed by atoms with van der Waals surface area (Å²) in [7, 11) is 0. The Morgan fingerprint density at radius 1 is 1.00 bits per heavy atom. The van der Waals surface area contributed by atoms with Crippen molar-refractivity contribution >= 4 is 23.6 Å². The van der Waals surface area contributed by atoms with E-state index in [2.05, 4.69) is 19.2 Å². The molecule has 0 unspecified atom stereocenters. The van der Waals surface area contributed by atoms with Crippen LogP contribution in [0, 0.1) is 28.6 Å². The van der Waals surface area contributed by atoms with E-state index in [1.807, 2.05) is 36.4 Å². The molecule has 0 heterocycles. The van der Waals surface area contributed by atoms with E-state index in [4.69, 9.17) is 4.74 Å². The summed E-state index contributed by atoms with van der Waals surface area (Å²) in [6.07, 6.45) is 9.60. The number of rotatable bonds is 9. The second-order valence-electron chi connectivity index (χ2n) is 13.1. The molecule has 7 nitrogen and oxygen atoms in total. The summed E-state index contributed by atoms with van der Waals surface area (Å²) in [5.41, 5.74) is 2.32. The summed E-state index contributed by atoms with van der Waals surface area (Å²) < 4.78 is 6.05. The Bertz CT molecular complexity index is 1180. The average Bonchev–Trinajstić information content (AvgIpc) is 3.26. The number of nitrogens with one attached hydrogen (secondary N) is 1. The molecule has 40 heavy (non-hydrogen) atoms. The smallest absolute Gasteiger partial charge is 0.306 e. The zero-order chi connectivity index (χ0) is 28.5.